The molecule has 1 aromatic carbocycles. The van der Waals surface area contributed by atoms with Crippen LogP contribution in [-0.4, -0.2) is 66.4 Å². The third-order valence-electron chi connectivity index (χ3n) is 4.51. The second-order valence-electron chi connectivity index (χ2n) is 6.05. The van der Waals surface area contributed by atoms with Gasteiger partial charge in [-0.05, 0) is 25.0 Å². The quantitative estimate of drug-likeness (QED) is 0.844. The van der Waals surface area contributed by atoms with Gasteiger partial charge in [0.2, 0.25) is 5.91 Å². The van der Waals surface area contributed by atoms with E-state index in [1.807, 2.05) is 6.07 Å². The molecule has 0 aliphatic carbocycles. The molecule has 2 fully saturated rings. The second-order valence-corrected chi connectivity index (χ2v) is 6.05. The van der Waals surface area contributed by atoms with E-state index in [0.717, 1.165) is 6.42 Å². The maximum atomic E-state index is 12.8. The lowest BCUT2D eigenvalue weighted by Crippen LogP contribution is -2.54. The smallest absolute Gasteiger partial charge is 0.266 e. The van der Waals surface area contributed by atoms with Crippen LogP contribution in [0, 0.1) is 0 Å². The first-order chi connectivity index (χ1) is 11.6. The Morgan fingerprint density at radius 1 is 1.17 bits per heavy atom. The van der Waals surface area contributed by atoms with Crippen LogP contribution in [0.15, 0.2) is 30.3 Å². The van der Waals surface area contributed by atoms with Gasteiger partial charge >= 0.3 is 0 Å². The van der Waals surface area contributed by atoms with Crippen LogP contribution in [0.4, 0.5) is 8.78 Å². The summed E-state index contributed by atoms with van der Waals surface area (Å²) in [4.78, 5) is 28.3. The van der Waals surface area contributed by atoms with Crippen LogP contribution in [0.5, 0.6) is 0 Å². The van der Waals surface area contributed by atoms with Crippen molar-refractivity contribution in [3.63, 3.8) is 0 Å². The Balaban J connectivity index is 1.71. The minimum atomic E-state index is -2.62. The second kappa shape index (κ2) is 7.25. The van der Waals surface area contributed by atoms with Crippen LogP contribution in [0.25, 0.3) is 0 Å². The Bertz CT molecular complexity index is 597. The molecule has 3 rings (SSSR count). The van der Waals surface area contributed by atoms with Crippen molar-refractivity contribution in [2.45, 2.75) is 31.4 Å². The van der Waals surface area contributed by atoms with Gasteiger partial charge in [-0.3, -0.25) is 9.59 Å². The lowest BCUT2D eigenvalue weighted by molar-refractivity contribution is -0.150. The average Bonchev–Trinajstić information content (AvgIpc) is 3.11. The summed E-state index contributed by atoms with van der Waals surface area (Å²) in [5.41, 5.74) is 0.532. The van der Waals surface area contributed by atoms with Gasteiger partial charge in [-0.1, -0.05) is 18.2 Å². The molecule has 1 aromatic rings. The molecule has 24 heavy (non-hydrogen) atoms. The van der Waals surface area contributed by atoms with Crippen molar-refractivity contribution in [3.8, 4) is 0 Å². The number of halogens is 2. The molecule has 0 saturated carbocycles. The third-order valence-corrected chi connectivity index (χ3v) is 4.51. The summed E-state index contributed by atoms with van der Waals surface area (Å²) in [5.74, 6) is -0.448. The zero-order chi connectivity index (χ0) is 17.1. The fourth-order valence-corrected chi connectivity index (χ4v) is 3.25. The summed E-state index contributed by atoms with van der Waals surface area (Å²) in [6, 6.07) is 8.22. The molecule has 2 heterocycles. The summed E-state index contributed by atoms with van der Waals surface area (Å²) in [7, 11) is 0. The molecule has 5 nitrogen and oxygen atoms in total. The topological polar surface area (TPSA) is 49.9 Å². The number of carbonyl (C=O) groups is 2. The number of amides is 2. The fraction of sp³-hybridized carbons (Fsp3) is 0.529. The molecular weight excluding hydrogens is 318 g/mol. The first-order valence-corrected chi connectivity index (χ1v) is 8.12. The minimum absolute atomic E-state index is 0.0973. The molecule has 0 unspecified atom stereocenters. The van der Waals surface area contributed by atoms with Crippen LogP contribution in [0.2, 0.25) is 0 Å². The van der Waals surface area contributed by atoms with Gasteiger partial charge in [0.05, 0.1) is 13.2 Å². The third kappa shape index (κ3) is 3.40. The van der Waals surface area contributed by atoms with E-state index >= 15 is 0 Å². The van der Waals surface area contributed by atoms with E-state index in [9.17, 15) is 18.4 Å². The maximum Gasteiger partial charge on any atom is 0.266 e. The number of benzene rings is 1. The molecule has 2 aliphatic rings. The van der Waals surface area contributed by atoms with Gasteiger partial charge in [0.1, 0.15) is 12.1 Å². The molecule has 0 N–H and O–H groups in total. The number of carbonyl (C=O) groups excluding carboxylic acids is 2. The number of likely N-dealkylation sites (tertiary alicyclic amines) is 1. The first kappa shape index (κ1) is 16.8. The van der Waals surface area contributed by atoms with Crippen molar-refractivity contribution in [3.05, 3.63) is 35.9 Å². The Kier molecular flexibility index (Phi) is 5.08. The van der Waals surface area contributed by atoms with Crippen molar-refractivity contribution >= 4 is 11.8 Å². The SMILES string of the molecule is O=C([C@H]1CCCN1C(=O)c1ccccc1)N1CCO[C@H](C(F)F)C1. The number of alkyl halides is 2. The molecule has 130 valence electrons. The average molecular weight is 338 g/mol. The highest BCUT2D eigenvalue weighted by molar-refractivity contribution is 5.97. The van der Waals surface area contributed by atoms with E-state index in [4.69, 9.17) is 4.74 Å². The van der Waals surface area contributed by atoms with Crippen LogP contribution in [0.3, 0.4) is 0 Å². The van der Waals surface area contributed by atoms with Crippen molar-refractivity contribution in [1.82, 2.24) is 9.80 Å². The molecule has 0 aromatic heterocycles. The Hall–Kier alpha value is -2.02. The molecule has 7 heteroatoms. The predicted octanol–water partition coefficient (Wildman–Crippen LogP) is 1.78. The van der Waals surface area contributed by atoms with Gasteiger partial charge in [-0.15, -0.1) is 0 Å². The number of rotatable bonds is 3. The monoisotopic (exact) mass is 338 g/mol. The lowest BCUT2D eigenvalue weighted by atomic mass is 10.1. The van der Waals surface area contributed by atoms with Crippen LogP contribution < -0.4 is 0 Å². The highest BCUT2D eigenvalue weighted by Crippen LogP contribution is 2.23. The predicted molar refractivity (Wildman–Crippen MR) is 82.8 cm³/mol. The zero-order valence-corrected chi connectivity index (χ0v) is 13.2. The molecule has 2 aliphatic heterocycles. The Labute approximate surface area is 139 Å². The summed E-state index contributed by atoms with van der Waals surface area (Å²) >= 11 is 0. The van der Waals surface area contributed by atoms with Crippen LogP contribution in [0.1, 0.15) is 23.2 Å². The molecule has 0 spiro atoms. The Morgan fingerprint density at radius 2 is 1.92 bits per heavy atom. The Morgan fingerprint density at radius 3 is 2.62 bits per heavy atom. The van der Waals surface area contributed by atoms with Gasteiger partial charge in [-0.2, -0.15) is 0 Å². The molecule has 2 atom stereocenters. The number of hydrogen-bond donors (Lipinski definition) is 0. The maximum absolute atomic E-state index is 12.8. The summed E-state index contributed by atoms with van der Waals surface area (Å²) < 4.78 is 30.7. The van der Waals surface area contributed by atoms with Crippen molar-refractivity contribution < 1.29 is 23.1 Å². The normalized spacial score (nSPS) is 24.5. The molecule has 0 radical (unpaired) electrons. The largest absolute Gasteiger partial charge is 0.369 e. The molecular formula is C17H20F2N2O3. The van der Waals surface area contributed by atoms with Crippen molar-refractivity contribution in [1.29, 1.82) is 0 Å². The molecule has 2 saturated heterocycles. The van der Waals surface area contributed by atoms with Gasteiger partial charge in [-0.25, -0.2) is 8.78 Å². The highest BCUT2D eigenvalue weighted by Gasteiger charge is 2.39. The summed E-state index contributed by atoms with van der Waals surface area (Å²) in [6.45, 7) is 0.763. The summed E-state index contributed by atoms with van der Waals surface area (Å²) in [5, 5.41) is 0. The van der Waals surface area contributed by atoms with Gasteiger partial charge in [0.15, 0.2) is 0 Å². The van der Waals surface area contributed by atoms with Gasteiger partial charge in [0.25, 0.3) is 12.3 Å². The van der Waals surface area contributed by atoms with Crippen LogP contribution in [-0.2, 0) is 9.53 Å². The van der Waals surface area contributed by atoms with Crippen molar-refractivity contribution in [2.24, 2.45) is 0 Å². The minimum Gasteiger partial charge on any atom is -0.369 e. The number of nitrogens with zero attached hydrogens (tertiary/aromatic N) is 2. The zero-order valence-electron chi connectivity index (χ0n) is 13.2. The van der Waals surface area contributed by atoms with Crippen molar-refractivity contribution in [2.75, 3.05) is 26.2 Å². The van der Waals surface area contributed by atoms with E-state index in [1.165, 1.54) is 4.90 Å². The molecule has 2 amide bonds. The van der Waals surface area contributed by atoms with Gasteiger partial charge < -0.3 is 14.5 Å². The number of hydrogen-bond acceptors (Lipinski definition) is 3. The van der Waals surface area contributed by atoms with Crippen LogP contribution >= 0.6 is 0 Å². The summed E-state index contributed by atoms with van der Waals surface area (Å²) in [6.07, 6.45) is -2.57. The van der Waals surface area contributed by atoms with E-state index in [0.29, 0.717) is 18.5 Å². The van der Waals surface area contributed by atoms with Gasteiger partial charge in [0, 0.05) is 18.7 Å². The van der Waals surface area contributed by atoms with E-state index in [-0.39, 0.29) is 31.5 Å². The molecule has 0 bridgehead atoms. The first-order valence-electron chi connectivity index (χ1n) is 8.12. The lowest BCUT2D eigenvalue weighted by Gasteiger charge is -2.35. The van der Waals surface area contributed by atoms with E-state index in [2.05, 4.69) is 0 Å². The van der Waals surface area contributed by atoms with E-state index < -0.39 is 18.6 Å². The van der Waals surface area contributed by atoms with E-state index in [1.54, 1.807) is 29.2 Å². The number of ether oxygens (including phenoxy) is 1. The number of morpholine rings is 1. The fourth-order valence-electron chi connectivity index (χ4n) is 3.25. The highest BCUT2D eigenvalue weighted by atomic mass is 19.3. The standard InChI is InChI=1S/C17H20F2N2O3/c18-15(19)14-11-20(9-10-24-14)17(23)13-7-4-8-21(13)16(22)12-5-2-1-3-6-12/h1-3,5-6,13-15H,4,7-11H2/t13-,14+/m1/s1.